The summed E-state index contributed by atoms with van der Waals surface area (Å²) >= 11 is 0. The Hall–Kier alpha value is -0.120. The first-order chi connectivity index (χ1) is 7.36. The first-order valence-corrected chi connectivity index (χ1v) is 6.32. The zero-order valence-corrected chi connectivity index (χ0v) is 9.87. The lowest BCUT2D eigenvalue weighted by Crippen LogP contribution is -2.37. The van der Waals surface area contributed by atoms with E-state index in [-0.39, 0.29) is 12.6 Å². The van der Waals surface area contributed by atoms with E-state index in [0.29, 0.717) is 6.10 Å². The van der Waals surface area contributed by atoms with Gasteiger partial charge >= 0.3 is 0 Å². The normalized spacial score (nSPS) is 23.2. The van der Waals surface area contributed by atoms with Crippen molar-refractivity contribution < 1.29 is 9.84 Å². The molecule has 1 fully saturated rings. The molecule has 3 nitrogen and oxygen atoms in total. The number of aliphatic hydroxyl groups is 1. The average Bonchev–Trinajstić information content (AvgIpc) is 2.76. The Bertz CT molecular complexity index is 147. The van der Waals surface area contributed by atoms with Crippen LogP contribution >= 0.6 is 0 Å². The van der Waals surface area contributed by atoms with Gasteiger partial charge in [0.15, 0.2) is 0 Å². The molecule has 3 heteroatoms. The maximum absolute atomic E-state index is 9.20. The van der Waals surface area contributed by atoms with Gasteiger partial charge in [-0.05, 0) is 19.3 Å². The summed E-state index contributed by atoms with van der Waals surface area (Å²) < 4.78 is 5.53. The third-order valence-corrected chi connectivity index (χ3v) is 3.03. The van der Waals surface area contributed by atoms with Crippen molar-refractivity contribution in [3.05, 3.63) is 0 Å². The van der Waals surface area contributed by atoms with E-state index >= 15 is 0 Å². The van der Waals surface area contributed by atoms with E-state index in [0.717, 1.165) is 19.6 Å². The minimum absolute atomic E-state index is 0.246. The van der Waals surface area contributed by atoms with E-state index < -0.39 is 0 Å². The number of hydrogen-bond acceptors (Lipinski definition) is 3. The Balaban J connectivity index is 2.04. The van der Waals surface area contributed by atoms with Gasteiger partial charge in [-0.2, -0.15) is 0 Å². The number of hydrogen-bond donors (Lipinski definition) is 2. The minimum Gasteiger partial charge on any atom is -0.395 e. The molecule has 0 aromatic heterocycles. The summed E-state index contributed by atoms with van der Waals surface area (Å²) in [5.74, 6) is 0. The largest absolute Gasteiger partial charge is 0.395 e. The molecule has 2 N–H and O–H groups in total. The first-order valence-electron chi connectivity index (χ1n) is 6.32. The number of aliphatic hydroxyl groups excluding tert-OH is 1. The third kappa shape index (κ3) is 5.50. The molecular formula is C12H25NO2. The lowest BCUT2D eigenvalue weighted by molar-refractivity contribution is 0.103. The number of ether oxygens (including phenoxy) is 1. The van der Waals surface area contributed by atoms with E-state index in [1.165, 1.54) is 32.1 Å². The molecule has 0 aromatic carbocycles. The zero-order valence-electron chi connectivity index (χ0n) is 9.87. The van der Waals surface area contributed by atoms with E-state index in [1.807, 2.05) is 0 Å². The van der Waals surface area contributed by atoms with Crippen LogP contribution in [0.3, 0.4) is 0 Å². The Morgan fingerprint density at radius 3 is 2.93 bits per heavy atom. The van der Waals surface area contributed by atoms with Gasteiger partial charge in [-0.15, -0.1) is 0 Å². The molecule has 0 aromatic rings. The lowest BCUT2D eigenvalue weighted by atomic mass is 10.1. The summed E-state index contributed by atoms with van der Waals surface area (Å²) in [6, 6.07) is 0.265. The summed E-state index contributed by atoms with van der Waals surface area (Å²) in [5, 5.41) is 12.6. The molecule has 0 bridgehead atoms. The quantitative estimate of drug-likeness (QED) is 0.606. The monoisotopic (exact) mass is 215 g/mol. The number of rotatable bonds is 8. The van der Waals surface area contributed by atoms with Crippen LogP contribution in [0, 0.1) is 0 Å². The topological polar surface area (TPSA) is 41.5 Å². The van der Waals surface area contributed by atoms with Gasteiger partial charge in [0.05, 0.1) is 12.7 Å². The van der Waals surface area contributed by atoms with Crippen LogP contribution in [0.15, 0.2) is 0 Å². The molecule has 1 saturated heterocycles. The summed E-state index contributed by atoms with van der Waals surface area (Å²) in [7, 11) is 0. The number of nitrogens with one attached hydrogen (secondary N) is 1. The molecule has 0 radical (unpaired) electrons. The minimum atomic E-state index is 0.246. The van der Waals surface area contributed by atoms with Crippen molar-refractivity contribution >= 4 is 0 Å². The second kappa shape index (κ2) is 8.08. The highest BCUT2D eigenvalue weighted by atomic mass is 16.5. The van der Waals surface area contributed by atoms with Crippen LogP contribution in [0.5, 0.6) is 0 Å². The predicted octanol–water partition coefficient (Wildman–Crippen LogP) is 1.70. The van der Waals surface area contributed by atoms with Crippen molar-refractivity contribution in [1.82, 2.24) is 5.32 Å². The zero-order chi connectivity index (χ0) is 10.9. The summed E-state index contributed by atoms with van der Waals surface area (Å²) in [6.07, 6.45) is 7.52. The average molecular weight is 215 g/mol. The lowest BCUT2D eigenvalue weighted by Gasteiger charge is -2.18. The van der Waals surface area contributed by atoms with E-state index in [4.69, 9.17) is 4.74 Å². The summed E-state index contributed by atoms with van der Waals surface area (Å²) in [5.41, 5.74) is 0. The van der Waals surface area contributed by atoms with E-state index in [1.54, 1.807) is 0 Å². The van der Waals surface area contributed by atoms with Gasteiger partial charge in [-0.3, -0.25) is 0 Å². The van der Waals surface area contributed by atoms with Gasteiger partial charge in [0.2, 0.25) is 0 Å². The van der Waals surface area contributed by atoms with Crippen molar-refractivity contribution in [1.29, 1.82) is 0 Å². The summed E-state index contributed by atoms with van der Waals surface area (Å²) in [6.45, 7) is 4.26. The fourth-order valence-electron chi connectivity index (χ4n) is 2.00. The molecule has 2 unspecified atom stereocenters. The Morgan fingerprint density at radius 2 is 2.33 bits per heavy atom. The van der Waals surface area contributed by atoms with Crippen LogP contribution in [0.1, 0.15) is 45.4 Å². The van der Waals surface area contributed by atoms with Crippen molar-refractivity contribution in [2.24, 2.45) is 0 Å². The smallest absolute Gasteiger partial charge is 0.0700 e. The Morgan fingerprint density at radius 1 is 1.47 bits per heavy atom. The molecule has 90 valence electrons. The highest BCUT2D eigenvalue weighted by Crippen LogP contribution is 2.11. The standard InChI is InChI=1S/C12H25NO2/c1-2-3-4-6-11(10-14)13-9-12-7-5-8-15-12/h11-14H,2-10H2,1H3. The SMILES string of the molecule is CCCCCC(CO)NCC1CCCO1. The van der Waals surface area contributed by atoms with Gasteiger partial charge in [0.1, 0.15) is 0 Å². The van der Waals surface area contributed by atoms with Crippen LogP contribution in [0.4, 0.5) is 0 Å². The molecule has 1 aliphatic heterocycles. The molecule has 0 aliphatic carbocycles. The van der Waals surface area contributed by atoms with Crippen LogP contribution < -0.4 is 5.32 Å². The van der Waals surface area contributed by atoms with E-state index in [2.05, 4.69) is 12.2 Å². The van der Waals surface area contributed by atoms with Crippen molar-refractivity contribution in [3.8, 4) is 0 Å². The highest BCUT2D eigenvalue weighted by molar-refractivity contribution is 4.72. The van der Waals surface area contributed by atoms with Gasteiger partial charge < -0.3 is 15.2 Å². The first kappa shape index (κ1) is 12.9. The summed E-state index contributed by atoms with van der Waals surface area (Å²) in [4.78, 5) is 0. The van der Waals surface area contributed by atoms with Crippen molar-refractivity contribution in [2.45, 2.75) is 57.6 Å². The van der Waals surface area contributed by atoms with Crippen LogP contribution in [0.2, 0.25) is 0 Å². The highest BCUT2D eigenvalue weighted by Gasteiger charge is 2.16. The van der Waals surface area contributed by atoms with Crippen molar-refractivity contribution in [3.63, 3.8) is 0 Å². The van der Waals surface area contributed by atoms with Crippen LogP contribution in [-0.2, 0) is 4.74 Å². The van der Waals surface area contributed by atoms with Gasteiger partial charge in [-0.1, -0.05) is 26.2 Å². The second-order valence-corrected chi connectivity index (χ2v) is 4.42. The molecule has 1 rings (SSSR count). The van der Waals surface area contributed by atoms with Gasteiger partial charge in [0, 0.05) is 19.2 Å². The molecule has 2 atom stereocenters. The van der Waals surface area contributed by atoms with Crippen molar-refractivity contribution in [2.75, 3.05) is 19.8 Å². The fraction of sp³-hybridized carbons (Fsp3) is 1.00. The fourth-order valence-corrected chi connectivity index (χ4v) is 2.00. The molecule has 1 heterocycles. The molecule has 1 aliphatic rings. The van der Waals surface area contributed by atoms with Crippen LogP contribution in [0.25, 0.3) is 0 Å². The van der Waals surface area contributed by atoms with E-state index in [9.17, 15) is 5.11 Å². The molecular weight excluding hydrogens is 190 g/mol. The van der Waals surface area contributed by atoms with Gasteiger partial charge in [0.25, 0.3) is 0 Å². The molecule has 0 saturated carbocycles. The Labute approximate surface area is 93.2 Å². The third-order valence-electron chi connectivity index (χ3n) is 3.03. The second-order valence-electron chi connectivity index (χ2n) is 4.42. The maximum atomic E-state index is 9.20. The Kier molecular flexibility index (Phi) is 6.98. The molecule has 15 heavy (non-hydrogen) atoms. The maximum Gasteiger partial charge on any atom is 0.0700 e. The predicted molar refractivity (Wildman–Crippen MR) is 62.0 cm³/mol. The molecule has 0 amide bonds. The van der Waals surface area contributed by atoms with Gasteiger partial charge in [-0.25, -0.2) is 0 Å². The van der Waals surface area contributed by atoms with Crippen LogP contribution in [-0.4, -0.2) is 37.0 Å². The molecule has 0 spiro atoms. The number of unbranched alkanes of at least 4 members (excludes halogenated alkanes) is 2.